The molecular formula is C27H23F2NO6. The van der Waals surface area contributed by atoms with Gasteiger partial charge in [-0.2, -0.15) is 0 Å². The summed E-state index contributed by atoms with van der Waals surface area (Å²) < 4.78 is 38.4. The molecule has 0 spiro atoms. The van der Waals surface area contributed by atoms with Gasteiger partial charge in [-0.15, -0.1) is 0 Å². The average molecular weight is 495 g/mol. The zero-order valence-electron chi connectivity index (χ0n) is 19.7. The van der Waals surface area contributed by atoms with E-state index in [1.54, 1.807) is 12.1 Å². The highest BCUT2D eigenvalue weighted by molar-refractivity contribution is 6.51. The highest BCUT2D eigenvalue weighted by atomic mass is 19.2. The van der Waals surface area contributed by atoms with Crippen LogP contribution in [0.2, 0.25) is 0 Å². The number of methoxy groups -OCH3 is 1. The van der Waals surface area contributed by atoms with Crippen molar-refractivity contribution in [3.8, 4) is 17.2 Å². The Kier molecular flexibility index (Phi) is 6.65. The number of carbonyl (C=O) groups excluding carboxylic acids is 2. The minimum atomic E-state index is -1.26. The molecule has 9 heteroatoms. The number of Topliss-reactive ketones (excluding diaryl/α,β-unsaturated/α-hetero) is 1. The van der Waals surface area contributed by atoms with Crippen molar-refractivity contribution in [1.29, 1.82) is 0 Å². The third-order valence-electron chi connectivity index (χ3n) is 5.62. The van der Waals surface area contributed by atoms with Gasteiger partial charge in [-0.3, -0.25) is 14.5 Å². The van der Waals surface area contributed by atoms with E-state index in [9.17, 15) is 28.6 Å². The van der Waals surface area contributed by atoms with Gasteiger partial charge in [-0.25, -0.2) is 8.78 Å². The number of aliphatic hydroxyl groups is 1. The molecule has 3 aromatic carbocycles. The number of nitrogens with zero attached hydrogens (tertiary/aromatic N) is 1. The number of phenolic OH excluding ortho intramolecular Hbond substituents is 1. The number of hydrogen-bond donors (Lipinski definition) is 2. The highest BCUT2D eigenvalue weighted by Crippen LogP contribution is 2.44. The van der Waals surface area contributed by atoms with Gasteiger partial charge in [0.15, 0.2) is 23.1 Å². The lowest BCUT2D eigenvalue weighted by Gasteiger charge is -2.26. The number of rotatable bonds is 6. The maximum atomic E-state index is 14.1. The van der Waals surface area contributed by atoms with Gasteiger partial charge in [-0.05, 0) is 55.8 Å². The lowest BCUT2D eigenvalue weighted by atomic mass is 9.94. The number of carbonyl (C=O) groups is 2. The molecule has 2 N–H and O–H groups in total. The van der Waals surface area contributed by atoms with E-state index < -0.39 is 35.1 Å². The molecule has 0 aromatic heterocycles. The Labute approximate surface area is 205 Å². The Morgan fingerprint density at radius 2 is 1.75 bits per heavy atom. The van der Waals surface area contributed by atoms with Crippen LogP contribution in [-0.2, 0) is 9.59 Å². The Hall–Kier alpha value is -4.40. The van der Waals surface area contributed by atoms with Crippen LogP contribution < -0.4 is 14.4 Å². The molecule has 1 fully saturated rings. The van der Waals surface area contributed by atoms with Crippen molar-refractivity contribution >= 4 is 23.1 Å². The fourth-order valence-corrected chi connectivity index (χ4v) is 4.07. The fraction of sp³-hybridized carbons (Fsp3) is 0.185. The van der Waals surface area contributed by atoms with E-state index in [0.29, 0.717) is 5.75 Å². The third kappa shape index (κ3) is 4.47. The predicted octanol–water partition coefficient (Wildman–Crippen LogP) is 5.09. The largest absolute Gasteiger partial charge is 0.507 e. The van der Waals surface area contributed by atoms with E-state index in [0.717, 1.165) is 23.1 Å². The summed E-state index contributed by atoms with van der Waals surface area (Å²) in [6, 6.07) is 12.0. The van der Waals surface area contributed by atoms with Crippen LogP contribution in [0.3, 0.4) is 0 Å². The van der Waals surface area contributed by atoms with Crippen molar-refractivity contribution in [3.05, 3.63) is 89.0 Å². The molecule has 1 atom stereocenters. The van der Waals surface area contributed by atoms with Gasteiger partial charge in [0.25, 0.3) is 11.7 Å². The molecule has 4 rings (SSSR count). The maximum Gasteiger partial charge on any atom is 0.300 e. The quantitative estimate of drug-likeness (QED) is 0.281. The number of halogens is 2. The van der Waals surface area contributed by atoms with Crippen molar-refractivity contribution in [2.45, 2.75) is 26.0 Å². The summed E-state index contributed by atoms with van der Waals surface area (Å²) in [5.74, 6) is -4.64. The van der Waals surface area contributed by atoms with Crippen LogP contribution in [0.25, 0.3) is 5.76 Å². The molecule has 1 aliphatic heterocycles. The molecule has 36 heavy (non-hydrogen) atoms. The van der Waals surface area contributed by atoms with E-state index in [-0.39, 0.29) is 40.0 Å². The molecule has 0 radical (unpaired) electrons. The van der Waals surface area contributed by atoms with E-state index >= 15 is 0 Å². The smallest absolute Gasteiger partial charge is 0.300 e. The van der Waals surface area contributed by atoms with Crippen molar-refractivity contribution in [2.24, 2.45) is 0 Å². The van der Waals surface area contributed by atoms with E-state index in [2.05, 4.69) is 0 Å². The van der Waals surface area contributed by atoms with Gasteiger partial charge in [0, 0.05) is 17.3 Å². The lowest BCUT2D eigenvalue weighted by Crippen LogP contribution is -2.29. The molecule has 1 heterocycles. The number of ketones is 1. The van der Waals surface area contributed by atoms with Crippen LogP contribution in [0.15, 0.2) is 66.2 Å². The molecule has 3 aromatic rings. The Bertz CT molecular complexity index is 1380. The molecule has 0 aliphatic carbocycles. The van der Waals surface area contributed by atoms with Crippen molar-refractivity contribution in [3.63, 3.8) is 0 Å². The number of anilines is 1. The van der Waals surface area contributed by atoms with Crippen molar-refractivity contribution in [2.75, 3.05) is 12.0 Å². The Morgan fingerprint density at radius 1 is 1.00 bits per heavy atom. The standard InChI is InChI=1S/C27H23F2NO6/c1-14(2)36-18-6-4-5-16(11-18)25(32)23-24(15-7-10-22(35-3)21(31)12-15)30(27(34)26(23)33)17-8-9-19(28)20(29)13-17/h4-14,24,31-32H,1-3H3/b25-23+. The summed E-state index contributed by atoms with van der Waals surface area (Å²) in [7, 11) is 1.36. The van der Waals surface area contributed by atoms with Gasteiger partial charge in [-0.1, -0.05) is 18.2 Å². The van der Waals surface area contributed by atoms with Gasteiger partial charge in [0.1, 0.15) is 11.5 Å². The monoisotopic (exact) mass is 495 g/mol. The number of amides is 1. The van der Waals surface area contributed by atoms with Crippen LogP contribution in [0, 0.1) is 11.6 Å². The number of aliphatic hydroxyl groups excluding tert-OH is 1. The van der Waals surface area contributed by atoms with Crippen LogP contribution in [-0.4, -0.2) is 35.1 Å². The summed E-state index contributed by atoms with van der Waals surface area (Å²) in [5, 5.41) is 21.6. The number of ether oxygens (including phenoxy) is 2. The molecule has 1 amide bonds. The van der Waals surface area contributed by atoms with E-state index in [4.69, 9.17) is 9.47 Å². The number of benzene rings is 3. The first kappa shape index (κ1) is 24.7. The first-order valence-electron chi connectivity index (χ1n) is 11.0. The minimum Gasteiger partial charge on any atom is -0.507 e. The molecule has 1 aliphatic rings. The van der Waals surface area contributed by atoms with E-state index in [1.807, 2.05) is 13.8 Å². The molecular weight excluding hydrogens is 472 g/mol. The van der Waals surface area contributed by atoms with Crippen LogP contribution >= 0.6 is 0 Å². The Morgan fingerprint density at radius 3 is 2.39 bits per heavy atom. The lowest BCUT2D eigenvalue weighted by molar-refractivity contribution is -0.132. The van der Waals surface area contributed by atoms with E-state index in [1.165, 1.54) is 37.4 Å². The molecule has 0 bridgehead atoms. The maximum absolute atomic E-state index is 14.1. The second kappa shape index (κ2) is 9.69. The van der Waals surface area contributed by atoms with Crippen molar-refractivity contribution < 1.29 is 38.1 Å². The van der Waals surface area contributed by atoms with Gasteiger partial charge >= 0.3 is 0 Å². The second-order valence-corrected chi connectivity index (χ2v) is 8.39. The summed E-state index contributed by atoms with van der Waals surface area (Å²) >= 11 is 0. The average Bonchev–Trinajstić information content (AvgIpc) is 3.10. The molecule has 0 saturated carbocycles. The minimum absolute atomic E-state index is 0.104. The first-order valence-corrected chi connectivity index (χ1v) is 11.0. The molecule has 1 saturated heterocycles. The number of hydrogen-bond acceptors (Lipinski definition) is 6. The zero-order valence-corrected chi connectivity index (χ0v) is 19.7. The van der Waals surface area contributed by atoms with Gasteiger partial charge in [0.2, 0.25) is 0 Å². The summed E-state index contributed by atoms with van der Waals surface area (Å²) in [5.41, 5.74) is 0.0378. The molecule has 1 unspecified atom stereocenters. The first-order chi connectivity index (χ1) is 17.1. The highest BCUT2D eigenvalue weighted by Gasteiger charge is 2.47. The number of phenols is 1. The van der Waals surface area contributed by atoms with Crippen LogP contribution in [0.1, 0.15) is 31.0 Å². The van der Waals surface area contributed by atoms with Crippen molar-refractivity contribution in [1.82, 2.24) is 0 Å². The molecule has 186 valence electrons. The predicted molar refractivity (Wildman–Crippen MR) is 128 cm³/mol. The summed E-state index contributed by atoms with van der Waals surface area (Å²) in [6.45, 7) is 3.66. The topological polar surface area (TPSA) is 96.3 Å². The van der Waals surface area contributed by atoms with Gasteiger partial charge < -0.3 is 19.7 Å². The fourth-order valence-electron chi connectivity index (χ4n) is 4.07. The normalized spacial score (nSPS) is 17.1. The Balaban J connectivity index is 1.94. The second-order valence-electron chi connectivity index (χ2n) is 8.39. The summed E-state index contributed by atoms with van der Waals surface area (Å²) in [6.07, 6.45) is -0.149. The molecule has 7 nitrogen and oxygen atoms in total. The summed E-state index contributed by atoms with van der Waals surface area (Å²) in [4.78, 5) is 27.3. The van der Waals surface area contributed by atoms with Crippen LogP contribution in [0.4, 0.5) is 14.5 Å². The SMILES string of the molecule is COc1ccc(C2/C(=C(\O)c3cccc(OC(C)C)c3)C(=O)C(=O)N2c2ccc(F)c(F)c2)cc1O. The third-order valence-corrected chi connectivity index (χ3v) is 5.62. The van der Waals surface area contributed by atoms with Crippen LogP contribution in [0.5, 0.6) is 17.2 Å². The number of aromatic hydroxyl groups is 1. The zero-order chi connectivity index (χ0) is 26.1. The van der Waals surface area contributed by atoms with Gasteiger partial charge in [0.05, 0.1) is 24.8 Å².